The summed E-state index contributed by atoms with van der Waals surface area (Å²) in [5.41, 5.74) is 5.12. The molecular formula is C24H20ClN3O2S. The van der Waals surface area contributed by atoms with E-state index in [0.717, 1.165) is 24.0 Å². The van der Waals surface area contributed by atoms with E-state index < -0.39 is 0 Å². The molecular weight excluding hydrogens is 430 g/mol. The quantitative estimate of drug-likeness (QED) is 0.460. The number of carbonyl (C=O) groups is 1. The summed E-state index contributed by atoms with van der Waals surface area (Å²) in [6, 6.07) is 13.3. The zero-order valence-electron chi connectivity index (χ0n) is 16.7. The van der Waals surface area contributed by atoms with E-state index in [1.165, 1.54) is 46.2 Å². The number of carbonyl (C=O) groups excluding carboxylic acids is 1. The van der Waals surface area contributed by atoms with Gasteiger partial charge in [0.05, 0.1) is 11.7 Å². The lowest BCUT2D eigenvalue weighted by atomic mass is 9.89. The van der Waals surface area contributed by atoms with Gasteiger partial charge in [-0.05, 0) is 66.6 Å². The van der Waals surface area contributed by atoms with Crippen molar-refractivity contribution in [3.63, 3.8) is 0 Å². The first-order valence-corrected chi connectivity index (χ1v) is 11.5. The molecule has 0 aliphatic heterocycles. The summed E-state index contributed by atoms with van der Waals surface area (Å²) in [6.07, 6.45) is 6.09. The zero-order valence-corrected chi connectivity index (χ0v) is 18.3. The molecule has 1 N–H and O–H groups in total. The minimum absolute atomic E-state index is 0.107. The van der Waals surface area contributed by atoms with Crippen LogP contribution in [0.15, 0.2) is 59.0 Å². The first-order chi connectivity index (χ1) is 15.1. The summed E-state index contributed by atoms with van der Waals surface area (Å²) in [4.78, 5) is 30.8. The molecule has 7 heteroatoms. The summed E-state index contributed by atoms with van der Waals surface area (Å²) in [5, 5.41) is 5.94. The topological polar surface area (TPSA) is 64.0 Å². The highest BCUT2D eigenvalue weighted by molar-refractivity contribution is 7.17. The van der Waals surface area contributed by atoms with Gasteiger partial charge in [0.15, 0.2) is 0 Å². The molecule has 2 aromatic heterocycles. The van der Waals surface area contributed by atoms with Crippen molar-refractivity contribution in [2.45, 2.75) is 32.2 Å². The lowest BCUT2D eigenvalue weighted by molar-refractivity contribution is -0.116. The number of halogens is 1. The molecule has 0 radical (unpaired) electrons. The Hall–Kier alpha value is -2.96. The maximum atomic E-state index is 13.2. The molecule has 0 fully saturated rings. The number of rotatable bonds is 4. The first kappa shape index (κ1) is 20.0. The van der Waals surface area contributed by atoms with Crippen molar-refractivity contribution in [2.24, 2.45) is 0 Å². The molecule has 1 aliphatic carbocycles. The van der Waals surface area contributed by atoms with Crippen LogP contribution in [0.3, 0.4) is 0 Å². The van der Waals surface area contributed by atoms with Crippen molar-refractivity contribution < 1.29 is 4.79 Å². The van der Waals surface area contributed by atoms with E-state index in [1.54, 1.807) is 24.3 Å². The van der Waals surface area contributed by atoms with Gasteiger partial charge >= 0.3 is 0 Å². The molecule has 2 aromatic carbocycles. The first-order valence-electron chi connectivity index (χ1n) is 10.2. The number of thiophene rings is 1. The van der Waals surface area contributed by atoms with Crippen LogP contribution in [0.2, 0.25) is 5.02 Å². The van der Waals surface area contributed by atoms with Crippen LogP contribution in [0.25, 0.3) is 21.3 Å². The lowest BCUT2D eigenvalue weighted by Gasteiger charge is -2.16. The Kier molecular flexibility index (Phi) is 5.34. The Labute approximate surface area is 188 Å². The van der Waals surface area contributed by atoms with Gasteiger partial charge < -0.3 is 5.32 Å². The molecule has 0 saturated carbocycles. The average Bonchev–Trinajstić information content (AvgIpc) is 3.22. The van der Waals surface area contributed by atoms with Crippen LogP contribution in [0.4, 0.5) is 5.69 Å². The molecule has 0 bridgehead atoms. The van der Waals surface area contributed by atoms with Crippen molar-refractivity contribution in [3.8, 4) is 11.1 Å². The highest BCUT2D eigenvalue weighted by atomic mass is 35.5. The Morgan fingerprint density at radius 2 is 1.87 bits per heavy atom. The number of nitrogens with zero attached hydrogens (tertiary/aromatic N) is 2. The fraction of sp³-hybridized carbons (Fsp3) is 0.208. The minimum atomic E-state index is -0.295. The Balaban J connectivity index is 1.46. The van der Waals surface area contributed by atoms with Gasteiger partial charge in [-0.25, -0.2) is 4.98 Å². The van der Waals surface area contributed by atoms with Crippen LogP contribution in [0.5, 0.6) is 0 Å². The number of nitrogens with one attached hydrogen (secondary N) is 1. The van der Waals surface area contributed by atoms with Gasteiger partial charge in [-0.1, -0.05) is 29.8 Å². The maximum absolute atomic E-state index is 13.2. The lowest BCUT2D eigenvalue weighted by Crippen LogP contribution is -2.27. The van der Waals surface area contributed by atoms with E-state index >= 15 is 0 Å². The standard InChI is InChI=1S/C24H20ClN3O2S/c25-18-7-9-19(10-8-18)27-21(29)12-28-14-26-23-22(24(28)30)20(13-31-23)17-6-5-15-3-1-2-4-16(15)11-17/h5-11,13-14H,1-4,12H2,(H,27,29). The fourth-order valence-corrected chi connectivity index (χ4v) is 5.11. The molecule has 156 valence electrons. The van der Waals surface area contributed by atoms with Crippen LogP contribution in [-0.4, -0.2) is 15.5 Å². The fourth-order valence-electron chi connectivity index (χ4n) is 4.08. The Bertz CT molecular complexity index is 1340. The van der Waals surface area contributed by atoms with Crippen molar-refractivity contribution in [1.29, 1.82) is 0 Å². The van der Waals surface area contributed by atoms with Gasteiger partial charge in [-0.15, -0.1) is 11.3 Å². The molecule has 1 amide bonds. The third-order valence-electron chi connectivity index (χ3n) is 5.66. The van der Waals surface area contributed by atoms with E-state index in [1.807, 2.05) is 5.38 Å². The summed E-state index contributed by atoms with van der Waals surface area (Å²) < 4.78 is 1.36. The van der Waals surface area contributed by atoms with Crippen molar-refractivity contribution >= 4 is 44.7 Å². The van der Waals surface area contributed by atoms with Gasteiger partial charge in [0.25, 0.3) is 5.56 Å². The third kappa shape index (κ3) is 4.01. The number of fused-ring (bicyclic) bond motifs is 2. The predicted molar refractivity (Wildman–Crippen MR) is 126 cm³/mol. The predicted octanol–water partition coefficient (Wildman–Crippen LogP) is 5.30. The molecule has 0 atom stereocenters. The molecule has 31 heavy (non-hydrogen) atoms. The van der Waals surface area contributed by atoms with Crippen molar-refractivity contribution in [2.75, 3.05) is 5.32 Å². The van der Waals surface area contributed by atoms with Crippen LogP contribution >= 0.6 is 22.9 Å². The number of hydrogen-bond acceptors (Lipinski definition) is 4. The minimum Gasteiger partial charge on any atom is -0.325 e. The van der Waals surface area contributed by atoms with Gasteiger partial charge in [0.1, 0.15) is 11.4 Å². The van der Waals surface area contributed by atoms with Crippen LogP contribution in [0, 0.1) is 0 Å². The number of aryl methyl sites for hydroxylation is 2. The maximum Gasteiger partial charge on any atom is 0.263 e. The van der Waals surface area contributed by atoms with Gasteiger partial charge in [0.2, 0.25) is 5.91 Å². The highest BCUT2D eigenvalue weighted by Crippen LogP contribution is 2.33. The van der Waals surface area contributed by atoms with Gasteiger partial charge in [-0.2, -0.15) is 0 Å². The third-order valence-corrected chi connectivity index (χ3v) is 6.80. The summed E-state index contributed by atoms with van der Waals surface area (Å²) >= 11 is 7.34. The SMILES string of the molecule is O=C(Cn1cnc2scc(-c3ccc4c(c3)CCCC4)c2c1=O)Nc1ccc(Cl)cc1. The number of anilines is 1. The van der Waals surface area contributed by atoms with Gasteiger partial charge in [-0.3, -0.25) is 14.2 Å². The molecule has 5 nitrogen and oxygen atoms in total. The number of benzene rings is 2. The molecule has 1 aliphatic rings. The Morgan fingerprint density at radius 1 is 1.10 bits per heavy atom. The number of hydrogen-bond donors (Lipinski definition) is 1. The molecule has 0 unspecified atom stereocenters. The number of amides is 1. The molecule has 4 aromatic rings. The summed E-state index contributed by atoms with van der Waals surface area (Å²) in [6.45, 7) is -0.107. The van der Waals surface area contributed by atoms with Crippen molar-refractivity contribution in [3.05, 3.63) is 80.7 Å². The van der Waals surface area contributed by atoms with Crippen LogP contribution in [0.1, 0.15) is 24.0 Å². The normalized spacial score (nSPS) is 13.2. The van der Waals surface area contributed by atoms with Crippen LogP contribution in [-0.2, 0) is 24.2 Å². The summed E-state index contributed by atoms with van der Waals surface area (Å²) in [5.74, 6) is -0.295. The van der Waals surface area contributed by atoms with E-state index in [-0.39, 0.29) is 18.0 Å². The Morgan fingerprint density at radius 3 is 2.68 bits per heavy atom. The number of aromatic nitrogens is 2. The monoisotopic (exact) mass is 449 g/mol. The van der Waals surface area contributed by atoms with Gasteiger partial charge in [0, 0.05) is 21.7 Å². The van der Waals surface area contributed by atoms with E-state index in [4.69, 9.17) is 11.6 Å². The second-order valence-corrected chi connectivity index (χ2v) is 9.05. The second-order valence-electron chi connectivity index (χ2n) is 7.75. The van der Waals surface area contributed by atoms with E-state index in [9.17, 15) is 9.59 Å². The van der Waals surface area contributed by atoms with Crippen molar-refractivity contribution in [1.82, 2.24) is 9.55 Å². The highest BCUT2D eigenvalue weighted by Gasteiger charge is 2.17. The largest absolute Gasteiger partial charge is 0.325 e. The van der Waals surface area contributed by atoms with Crippen LogP contribution < -0.4 is 10.9 Å². The zero-order chi connectivity index (χ0) is 21.4. The molecule has 2 heterocycles. The smallest absolute Gasteiger partial charge is 0.263 e. The second kappa shape index (κ2) is 8.29. The van der Waals surface area contributed by atoms with E-state index in [2.05, 4.69) is 28.5 Å². The molecule has 0 spiro atoms. The van der Waals surface area contributed by atoms with E-state index in [0.29, 0.717) is 20.9 Å². The average molecular weight is 450 g/mol. The molecule has 0 saturated heterocycles. The molecule has 5 rings (SSSR count). The summed E-state index contributed by atoms with van der Waals surface area (Å²) in [7, 11) is 0.